The highest BCUT2D eigenvalue weighted by atomic mass is 15.4. The molecule has 0 spiro atoms. The second-order valence-electron chi connectivity index (χ2n) is 7.88. The topological polar surface area (TPSA) is 3.24 Å². The fourth-order valence-electron chi connectivity index (χ4n) is 4.98. The summed E-state index contributed by atoms with van der Waals surface area (Å²) in [5.74, 6) is 0.690. The van der Waals surface area contributed by atoms with Crippen molar-refractivity contribution in [3.63, 3.8) is 0 Å². The van der Waals surface area contributed by atoms with Crippen molar-refractivity contribution >= 4 is 5.69 Å². The van der Waals surface area contributed by atoms with Crippen molar-refractivity contribution in [2.45, 2.75) is 38.3 Å². The van der Waals surface area contributed by atoms with E-state index in [0.717, 1.165) is 6.54 Å². The molecular formula is C22H29N2+. The van der Waals surface area contributed by atoms with E-state index >= 15 is 0 Å². The normalized spacial score (nSPS) is 28.5. The Labute approximate surface area is 146 Å². The van der Waals surface area contributed by atoms with Crippen LogP contribution < -0.4 is 4.90 Å². The molecule has 1 saturated heterocycles. The third-order valence-electron chi connectivity index (χ3n) is 6.07. The molecule has 3 unspecified atom stereocenters. The van der Waals surface area contributed by atoms with Crippen LogP contribution in [0.2, 0.25) is 0 Å². The molecule has 2 heteroatoms. The highest BCUT2D eigenvalue weighted by molar-refractivity contribution is 5.62. The third-order valence-corrected chi connectivity index (χ3v) is 6.07. The Hall–Kier alpha value is -1.80. The van der Waals surface area contributed by atoms with Crippen LogP contribution >= 0.6 is 0 Å². The van der Waals surface area contributed by atoms with E-state index in [1.807, 2.05) is 0 Å². The van der Waals surface area contributed by atoms with Gasteiger partial charge in [-0.15, -0.1) is 0 Å². The minimum atomic E-state index is 0.672. The smallest absolute Gasteiger partial charge is 0.0875 e. The SMILES string of the molecule is CCC[N+]1(C)CCC2C(C1)c1ccccc1N2Cc1ccccc1. The van der Waals surface area contributed by atoms with Crippen LogP contribution in [0.5, 0.6) is 0 Å². The van der Waals surface area contributed by atoms with E-state index in [2.05, 4.69) is 73.5 Å². The van der Waals surface area contributed by atoms with Gasteiger partial charge in [0.1, 0.15) is 0 Å². The Morgan fingerprint density at radius 3 is 2.58 bits per heavy atom. The average molecular weight is 321 g/mol. The number of rotatable bonds is 4. The van der Waals surface area contributed by atoms with Gasteiger partial charge in [0, 0.05) is 24.7 Å². The number of hydrogen-bond acceptors (Lipinski definition) is 1. The number of fused-ring (bicyclic) bond motifs is 3. The summed E-state index contributed by atoms with van der Waals surface area (Å²) in [7, 11) is 2.46. The van der Waals surface area contributed by atoms with E-state index in [-0.39, 0.29) is 0 Å². The van der Waals surface area contributed by atoms with Crippen LogP contribution in [0.3, 0.4) is 0 Å². The van der Waals surface area contributed by atoms with Gasteiger partial charge in [0.05, 0.1) is 32.6 Å². The number of hydrogen-bond donors (Lipinski definition) is 0. The van der Waals surface area contributed by atoms with E-state index in [9.17, 15) is 0 Å². The Morgan fingerprint density at radius 1 is 1.04 bits per heavy atom. The molecule has 2 aliphatic heterocycles. The molecule has 3 atom stereocenters. The number of likely N-dealkylation sites (N-methyl/N-ethyl adjacent to an activating group) is 1. The fraction of sp³-hybridized carbons (Fsp3) is 0.455. The second-order valence-corrected chi connectivity index (χ2v) is 7.88. The van der Waals surface area contributed by atoms with Gasteiger partial charge in [-0.3, -0.25) is 0 Å². The molecule has 126 valence electrons. The standard InChI is InChI=1S/C22H29N2/c1-3-14-24(2)15-13-22-20(17-24)19-11-7-8-12-21(19)23(22)16-18-9-5-4-6-10-18/h4-12,20,22H,3,13-17H2,1-2H3/q+1. The van der Waals surface area contributed by atoms with Crippen molar-refractivity contribution in [1.29, 1.82) is 0 Å². The number of piperidine rings is 1. The molecule has 0 saturated carbocycles. The molecule has 0 aromatic heterocycles. The van der Waals surface area contributed by atoms with Crippen LogP contribution in [0.15, 0.2) is 54.6 Å². The highest BCUT2D eigenvalue weighted by Crippen LogP contribution is 2.46. The zero-order valence-electron chi connectivity index (χ0n) is 15.0. The summed E-state index contributed by atoms with van der Waals surface area (Å²) in [6, 6.07) is 20.8. The lowest BCUT2D eigenvalue weighted by molar-refractivity contribution is -0.915. The number of anilines is 1. The molecule has 2 aromatic carbocycles. The molecule has 2 aliphatic rings. The quantitative estimate of drug-likeness (QED) is 0.754. The summed E-state index contributed by atoms with van der Waals surface area (Å²) in [6.45, 7) is 7.27. The van der Waals surface area contributed by atoms with Gasteiger partial charge in [0.25, 0.3) is 0 Å². The fourth-order valence-corrected chi connectivity index (χ4v) is 4.98. The summed E-state index contributed by atoms with van der Waals surface area (Å²) in [6.07, 6.45) is 2.59. The first-order chi connectivity index (χ1) is 11.7. The molecule has 0 aliphatic carbocycles. The Balaban J connectivity index is 1.65. The zero-order valence-corrected chi connectivity index (χ0v) is 15.0. The number of likely N-dealkylation sites (tertiary alicyclic amines) is 1. The van der Waals surface area contributed by atoms with Crippen LogP contribution in [0.1, 0.15) is 36.8 Å². The predicted molar refractivity (Wildman–Crippen MR) is 101 cm³/mol. The number of quaternary nitrogens is 1. The van der Waals surface area contributed by atoms with Crippen LogP contribution in [0.4, 0.5) is 5.69 Å². The summed E-state index contributed by atoms with van der Waals surface area (Å²) in [5.41, 5.74) is 4.48. The molecule has 1 fully saturated rings. The zero-order chi connectivity index (χ0) is 16.6. The first kappa shape index (κ1) is 15.7. The lowest BCUT2D eigenvalue weighted by atomic mass is 9.87. The van der Waals surface area contributed by atoms with E-state index in [4.69, 9.17) is 0 Å². The molecule has 0 radical (unpaired) electrons. The highest BCUT2D eigenvalue weighted by Gasteiger charge is 2.46. The van der Waals surface area contributed by atoms with E-state index < -0.39 is 0 Å². The van der Waals surface area contributed by atoms with Crippen molar-refractivity contribution < 1.29 is 4.48 Å². The van der Waals surface area contributed by atoms with Crippen molar-refractivity contribution in [2.24, 2.45) is 0 Å². The minimum absolute atomic E-state index is 0.672. The largest absolute Gasteiger partial charge is 0.363 e. The maximum atomic E-state index is 2.69. The van der Waals surface area contributed by atoms with Gasteiger partial charge in [-0.25, -0.2) is 0 Å². The summed E-state index contributed by atoms with van der Waals surface area (Å²) in [5, 5.41) is 0. The lowest BCUT2D eigenvalue weighted by Crippen LogP contribution is -2.56. The summed E-state index contributed by atoms with van der Waals surface area (Å²) >= 11 is 0. The maximum Gasteiger partial charge on any atom is 0.0875 e. The first-order valence-corrected chi connectivity index (χ1v) is 9.43. The molecular weight excluding hydrogens is 292 g/mol. The van der Waals surface area contributed by atoms with Crippen molar-refractivity contribution in [2.75, 3.05) is 31.6 Å². The van der Waals surface area contributed by atoms with Gasteiger partial charge in [-0.1, -0.05) is 55.5 Å². The Morgan fingerprint density at radius 2 is 1.79 bits per heavy atom. The first-order valence-electron chi connectivity index (χ1n) is 9.43. The monoisotopic (exact) mass is 321 g/mol. The van der Waals surface area contributed by atoms with Gasteiger partial charge >= 0.3 is 0 Å². The van der Waals surface area contributed by atoms with E-state index in [1.54, 1.807) is 5.56 Å². The molecule has 0 N–H and O–H groups in total. The average Bonchev–Trinajstić information content (AvgIpc) is 2.89. The van der Waals surface area contributed by atoms with Gasteiger partial charge in [0.2, 0.25) is 0 Å². The van der Waals surface area contributed by atoms with Crippen LogP contribution in [0.25, 0.3) is 0 Å². The molecule has 0 bridgehead atoms. The van der Waals surface area contributed by atoms with Crippen LogP contribution in [-0.2, 0) is 6.54 Å². The van der Waals surface area contributed by atoms with Crippen LogP contribution in [-0.4, -0.2) is 37.2 Å². The summed E-state index contributed by atoms with van der Waals surface area (Å²) in [4.78, 5) is 2.69. The van der Waals surface area contributed by atoms with Gasteiger partial charge in [-0.2, -0.15) is 0 Å². The predicted octanol–water partition coefficient (Wildman–Crippen LogP) is 4.42. The molecule has 2 heterocycles. The van der Waals surface area contributed by atoms with Crippen molar-refractivity contribution in [3.05, 3.63) is 65.7 Å². The van der Waals surface area contributed by atoms with Gasteiger partial charge in [-0.05, 0) is 23.6 Å². The minimum Gasteiger partial charge on any atom is -0.363 e. The maximum absolute atomic E-state index is 2.69. The van der Waals surface area contributed by atoms with Gasteiger partial charge < -0.3 is 9.38 Å². The van der Waals surface area contributed by atoms with E-state index in [0.29, 0.717) is 12.0 Å². The molecule has 2 aromatic rings. The molecule has 4 rings (SSSR count). The Bertz CT molecular complexity index is 696. The summed E-state index contributed by atoms with van der Waals surface area (Å²) < 4.78 is 1.24. The van der Waals surface area contributed by atoms with E-state index in [1.165, 1.54) is 48.2 Å². The molecule has 0 amide bonds. The van der Waals surface area contributed by atoms with Crippen LogP contribution in [0, 0.1) is 0 Å². The number of benzene rings is 2. The lowest BCUT2D eigenvalue weighted by Gasteiger charge is -2.44. The number of para-hydroxylation sites is 1. The third kappa shape index (κ3) is 2.73. The Kier molecular flexibility index (Phi) is 4.09. The van der Waals surface area contributed by atoms with Crippen molar-refractivity contribution in [3.8, 4) is 0 Å². The van der Waals surface area contributed by atoms with Gasteiger partial charge in [0.15, 0.2) is 0 Å². The number of nitrogens with zero attached hydrogens (tertiary/aromatic N) is 2. The second kappa shape index (κ2) is 6.25. The van der Waals surface area contributed by atoms with Crippen molar-refractivity contribution in [1.82, 2.24) is 0 Å². The molecule has 24 heavy (non-hydrogen) atoms. The molecule has 2 nitrogen and oxygen atoms in total.